The van der Waals surface area contributed by atoms with Crippen molar-refractivity contribution in [2.24, 2.45) is 0 Å². The van der Waals surface area contributed by atoms with E-state index in [2.05, 4.69) is 0 Å². The Kier molecular flexibility index (Phi) is 6.39. The van der Waals surface area contributed by atoms with E-state index in [1.165, 1.54) is 38.5 Å². The van der Waals surface area contributed by atoms with Gasteiger partial charge < -0.3 is 0 Å². The van der Waals surface area contributed by atoms with Crippen molar-refractivity contribution < 1.29 is 9.09 Å². The zero-order valence-corrected chi connectivity index (χ0v) is 9.23. The third-order valence-electron chi connectivity index (χ3n) is 2.47. The first-order chi connectivity index (χ1) is 6.39. The monoisotopic (exact) mass is 203 g/mol. The first-order valence-corrected chi connectivity index (χ1v) is 6.83. The molecule has 13 heavy (non-hydrogen) atoms. The molecule has 1 aliphatic rings. The minimum atomic E-state index is -1.33. The molecule has 0 amide bonds. The Balaban J connectivity index is 2.14. The van der Waals surface area contributed by atoms with Crippen LogP contribution in [0.1, 0.15) is 51.4 Å². The van der Waals surface area contributed by atoms with Crippen LogP contribution in [-0.2, 0) is 9.09 Å². The molecule has 0 N–H and O–H groups in total. The van der Waals surface area contributed by atoms with Crippen molar-refractivity contribution in [2.75, 3.05) is 12.8 Å². The molecule has 0 saturated carbocycles. The van der Waals surface area contributed by atoms with Crippen LogP contribution in [0.15, 0.2) is 0 Å². The van der Waals surface area contributed by atoms with Gasteiger partial charge >= 0.3 is 8.03 Å². The average Bonchev–Trinajstić information content (AvgIpc) is 2.11. The van der Waals surface area contributed by atoms with Gasteiger partial charge in [0.25, 0.3) is 0 Å². The van der Waals surface area contributed by atoms with E-state index in [-0.39, 0.29) is 0 Å². The lowest BCUT2D eigenvalue weighted by Gasteiger charge is -2.01. The van der Waals surface area contributed by atoms with Crippen LogP contribution in [0.5, 0.6) is 0 Å². The quantitative estimate of drug-likeness (QED) is 0.558. The maximum Gasteiger partial charge on any atom is 0.508 e. The predicted molar refractivity (Wildman–Crippen MR) is 55.4 cm³/mol. The van der Waals surface area contributed by atoms with Crippen LogP contribution < -0.4 is 0 Å². The van der Waals surface area contributed by atoms with Gasteiger partial charge in [-0.15, -0.1) is 4.52 Å². The molecule has 0 radical (unpaired) electrons. The van der Waals surface area contributed by atoms with E-state index in [0.717, 1.165) is 19.0 Å². The van der Waals surface area contributed by atoms with Crippen LogP contribution >= 0.6 is 8.03 Å². The second kappa shape index (κ2) is 7.46. The molecule has 0 aromatic carbocycles. The number of hydrogen-bond donors (Lipinski definition) is 0. The molecule has 1 saturated heterocycles. The summed E-state index contributed by atoms with van der Waals surface area (Å²) in [4.78, 5) is 0. The van der Waals surface area contributed by atoms with Crippen molar-refractivity contribution in [1.29, 1.82) is 0 Å². The molecule has 3 heteroatoms. The highest BCUT2D eigenvalue weighted by molar-refractivity contribution is 7.39. The van der Waals surface area contributed by atoms with E-state index in [9.17, 15) is 4.57 Å². The average molecular weight is 203 g/mol. The fraction of sp³-hybridized carbons (Fsp3) is 1.00. The number of rotatable bonds is 0. The van der Waals surface area contributed by atoms with Gasteiger partial charge in [0.05, 0.1) is 0 Å². The Morgan fingerprint density at radius 1 is 0.769 bits per heavy atom. The highest BCUT2D eigenvalue weighted by atomic mass is 31.1. The molecule has 1 unspecified atom stereocenters. The SMILES string of the molecule is O=[P+]1CCCCCCCCCCO1. The summed E-state index contributed by atoms with van der Waals surface area (Å²) in [5, 5.41) is 0. The van der Waals surface area contributed by atoms with Crippen LogP contribution in [0.2, 0.25) is 0 Å². The van der Waals surface area contributed by atoms with E-state index in [0.29, 0.717) is 6.61 Å². The van der Waals surface area contributed by atoms with E-state index < -0.39 is 8.03 Å². The second-order valence-corrected chi connectivity index (χ2v) is 5.09. The summed E-state index contributed by atoms with van der Waals surface area (Å²) in [5.41, 5.74) is 0. The van der Waals surface area contributed by atoms with E-state index >= 15 is 0 Å². The Morgan fingerprint density at radius 2 is 1.31 bits per heavy atom. The van der Waals surface area contributed by atoms with Gasteiger partial charge in [-0.1, -0.05) is 32.1 Å². The Morgan fingerprint density at radius 3 is 2.00 bits per heavy atom. The molecule has 1 rings (SSSR count). The summed E-state index contributed by atoms with van der Waals surface area (Å²) in [6.45, 7) is 0.704. The summed E-state index contributed by atoms with van der Waals surface area (Å²) in [5.74, 6) is 0. The van der Waals surface area contributed by atoms with Crippen molar-refractivity contribution >= 4 is 8.03 Å². The third kappa shape index (κ3) is 6.17. The summed E-state index contributed by atoms with van der Waals surface area (Å²) in [6, 6.07) is 0. The molecule has 2 nitrogen and oxygen atoms in total. The van der Waals surface area contributed by atoms with Gasteiger partial charge in [-0.05, 0) is 23.8 Å². The summed E-state index contributed by atoms with van der Waals surface area (Å²) in [6.07, 6.45) is 10.8. The van der Waals surface area contributed by atoms with Gasteiger partial charge in [-0.3, -0.25) is 0 Å². The maximum atomic E-state index is 11.2. The Hall–Kier alpha value is 0.0600. The second-order valence-electron chi connectivity index (χ2n) is 3.72. The molecule has 1 aliphatic heterocycles. The minimum Gasteiger partial charge on any atom is -0.146 e. The summed E-state index contributed by atoms with van der Waals surface area (Å²) < 4.78 is 16.4. The first-order valence-electron chi connectivity index (χ1n) is 5.47. The van der Waals surface area contributed by atoms with Gasteiger partial charge in [0, 0.05) is 0 Å². The predicted octanol–water partition coefficient (Wildman–Crippen LogP) is 3.88. The van der Waals surface area contributed by atoms with E-state index in [4.69, 9.17) is 4.52 Å². The fourth-order valence-electron chi connectivity index (χ4n) is 1.63. The maximum absolute atomic E-state index is 11.2. The molecule has 1 fully saturated rings. The Labute approximate surface area is 81.9 Å². The normalized spacial score (nSPS) is 26.0. The lowest BCUT2D eigenvalue weighted by atomic mass is 10.1. The van der Waals surface area contributed by atoms with Gasteiger partial charge in [-0.2, -0.15) is 0 Å². The smallest absolute Gasteiger partial charge is 0.146 e. The minimum absolute atomic E-state index is 0.704. The molecule has 0 aromatic heterocycles. The first kappa shape index (κ1) is 11.1. The topological polar surface area (TPSA) is 26.3 Å². The lowest BCUT2D eigenvalue weighted by Crippen LogP contribution is -1.92. The molecule has 1 heterocycles. The van der Waals surface area contributed by atoms with E-state index in [1.54, 1.807) is 0 Å². The molecular weight excluding hydrogens is 183 g/mol. The van der Waals surface area contributed by atoms with Crippen molar-refractivity contribution in [3.63, 3.8) is 0 Å². The highest BCUT2D eigenvalue weighted by Crippen LogP contribution is 2.25. The fourth-order valence-corrected chi connectivity index (χ4v) is 2.58. The van der Waals surface area contributed by atoms with Crippen molar-refractivity contribution in [3.05, 3.63) is 0 Å². The molecule has 76 valence electrons. The molecule has 0 spiro atoms. The molecule has 0 aliphatic carbocycles. The highest BCUT2D eigenvalue weighted by Gasteiger charge is 2.15. The lowest BCUT2D eigenvalue weighted by molar-refractivity contribution is 0.313. The van der Waals surface area contributed by atoms with Gasteiger partial charge in [0.1, 0.15) is 6.61 Å². The summed E-state index contributed by atoms with van der Waals surface area (Å²) in [7, 11) is -1.33. The van der Waals surface area contributed by atoms with Crippen LogP contribution in [-0.4, -0.2) is 12.8 Å². The molecule has 0 bridgehead atoms. The van der Waals surface area contributed by atoms with Crippen molar-refractivity contribution in [2.45, 2.75) is 51.4 Å². The van der Waals surface area contributed by atoms with Crippen LogP contribution in [0, 0.1) is 0 Å². The Bertz CT molecular complexity index is 134. The largest absolute Gasteiger partial charge is 0.508 e. The van der Waals surface area contributed by atoms with Crippen molar-refractivity contribution in [3.8, 4) is 0 Å². The van der Waals surface area contributed by atoms with E-state index in [1.807, 2.05) is 0 Å². The van der Waals surface area contributed by atoms with Crippen LogP contribution in [0.3, 0.4) is 0 Å². The molecule has 0 aromatic rings. The van der Waals surface area contributed by atoms with Gasteiger partial charge in [0.2, 0.25) is 0 Å². The molecular formula is C10H20O2P+. The molecule has 1 atom stereocenters. The van der Waals surface area contributed by atoms with Crippen molar-refractivity contribution in [1.82, 2.24) is 0 Å². The summed E-state index contributed by atoms with van der Waals surface area (Å²) >= 11 is 0. The van der Waals surface area contributed by atoms with Gasteiger partial charge in [-0.25, -0.2) is 0 Å². The number of hydrogen-bond acceptors (Lipinski definition) is 2. The standard InChI is InChI=1S/C10H20O2P/c11-13-10-8-6-4-2-1-3-5-7-9-12-13/h1-10H2/q+1. The van der Waals surface area contributed by atoms with Gasteiger partial charge in [0.15, 0.2) is 6.16 Å². The van der Waals surface area contributed by atoms with Crippen LogP contribution in [0.25, 0.3) is 0 Å². The van der Waals surface area contributed by atoms with Crippen LogP contribution in [0.4, 0.5) is 0 Å². The third-order valence-corrected chi connectivity index (χ3v) is 3.62. The zero-order chi connectivity index (χ0) is 9.36. The zero-order valence-electron chi connectivity index (χ0n) is 8.33.